The zero-order valence-corrected chi connectivity index (χ0v) is 15.5. The van der Waals surface area contributed by atoms with Gasteiger partial charge in [0.1, 0.15) is 22.8 Å². The zero-order valence-electron chi connectivity index (χ0n) is 15.5. The largest absolute Gasteiger partial charge is 0.368 e. The van der Waals surface area contributed by atoms with Crippen molar-refractivity contribution < 1.29 is 4.79 Å². The maximum atomic E-state index is 12.5. The van der Waals surface area contributed by atoms with E-state index in [1.807, 2.05) is 0 Å². The Labute approximate surface area is 161 Å². The van der Waals surface area contributed by atoms with E-state index in [-0.39, 0.29) is 17.5 Å². The van der Waals surface area contributed by atoms with Gasteiger partial charge in [-0.1, -0.05) is 0 Å². The van der Waals surface area contributed by atoms with Crippen LogP contribution >= 0.6 is 0 Å². The van der Waals surface area contributed by atoms with Gasteiger partial charge in [-0.3, -0.25) is 9.59 Å². The Morgan fingerprint density at radius 1 is 1.25 bits per heavy atom. The molecule has 5 rings (SSSR count). The molecule has 8 nitrogen and oxygen atoms in total. The van der Waals surface area contributed by atoms with Crippen molar-refractivity contribution in [1.82, 2.24) is 20.6 Å². The third-order valence-electron chi connectivity index (χ3n) is 6.39. The number of nitriles is 1. The first-order chi connectivity index (χ1) is 13.6. The summed E-state index contributed by atoms with van der Waals surface area (Å²) in [7, 11) is 0. The average Bonchev–Trinajstić information content (AvgIpc) is 3.43. The fourth-order valence-electron chi connectivity index (χ4n) is 4.22. The average molecular weight is 378 g/mol. The lowest BCUT2D eigenvalue weighted by atomic mass is 9.93. The summed E-state index contributed by atoms with van der Waals surface area (Å²) in [5, 5.41) is 15.7. The predicted octanol–water partition coefficient (Wildman–Crippen LogP) is 0.877. The Morgan fingerprint density at radius 2 is 2.00 bits per heavy atom. The summed E-state index contributed by atoms with van der Waals surface area (Å²) in [6, 6.07) is 5.49. The van der Waals surface area contributed by atoms with Crippen molar-refractivity contribution in [3.8, 4) is 6.07 Å². The molecular weight excluding hydrogens is 356 g/mol. The first kappa shape index (κ1) is 17.2. The van der Waals surface area contributed by atoms with Gasteiger partial charge in [0.05, 0.1) is 17.2 Å². The maximum Gasteiger partial charge on any atom is 0.270 e. The van der Waals surface area contributed by atoms with Crippen molar-refractivity contribution in [1.29, 1.82) is 5.26 Å². The van der Waals surface area contributed by atoms with Crippen LogP contribution in [0.25, 0.3) is 11.0 Å². The fourth-order valence-corrected chi connectivity index (χ4v) is 4.22. The number of H-pyrrole nitrogens is 1. The van der Waals surface area contributed by atoms with Crippen LogP contribution in [0, 0.1) is 16.7 Å². The van der Waals surface area contributed by atoms with E-state index in [1.54, 1.807) is 12.1 Å². The predicted molar refractivity (Wildman–Crippen MR) is 104 cm³/mol. The summed E-state index contributed by atoms with van der Waals surface area (Å²) >= 11 is 0. The van der Waals surface area contributed by atoms with E-state index >= 15 is 0 Å². The molecule has 4 heterocycles. The second-order valence-corrected chi connectivity index (χ2v) is 8.20. The van der Waals surface area contributed by atoms with Crippen molar-refractivity contribution in [3.05, 3.63) is 33.7 Å². The normalized spacial score (nSPS) is 20.6. The van der Waals surface area contributed by atoms with Gasteiger partial charge < -0.3 is 20.5 Å². The summed E-state index contributed by atoms with van der Waals surface area (Å²) in [5.41, 5.74) is 2.08. The van der Waals surface area contributed by atoms with Gasteiger partial charge in [0, 0.05) is 26.2 Å². The number of aromatic nitrogens is 2. The first-order valence-corrected chi connectivity index (χ1v) is 9.82. The van der Waals surface area contributed by atoms with Crippen molar-refractivity contribution in [3.63, 3.8) is 0 Å². The standard InChI is InChI=1S/C20H22N6O2/c21-9-13-17(26-7-5-20(3-4-20)6-8-26)16-14(25-18(13)27)1-2-15(24-16)19(28)23-12-10-22-11-12/h1-2,12,22H,3-8,10-11H2,(H,23,28)(H,25,27). The second-order valence-electron chi connectivity index (χ2n) is 8.20. The van der Waals surface area contributed by atoms with Gasteiger partial charge in [0.2, 0.25) is 0 Å². The van der Waals surface area contributed by atoms with Crippen LogP contribution in [0.3, 0.4) is 0 Å². The molecule has 28 heavy (non-hydrogen) atoms. The lowest BCUT2D eigenvalue weighted by molar-refractivity contribution is 0.0919. The van der Waals surface area contributed by atoms with Gasteiger partial charge in [0.15, 0.2) is 0 Å². The van der Waals surface area contributed by atoms with Crippen LogP contribution in [-0.4, -0.2) is 48.1 Å². The van der Waals surface area contributed by atoms with Crippen molar-refractivity contribution >= 4 is 22.6 Å². The number of pyridine rings is 2. The highest BCUT2D eigenvalue weighted by molar-refractivity contribution is 5.98. The van der Waals surface area contributed by atoms with Crippen LogP contribution in [0.15, 0.2) is 16.9 Å². The molecular formula is C20H22N6O2. The Balaban J connectivity index is 1.56. The molecule has 1 amide bonds. The van der Waals surface area contributed by atoms with Gasteiger partial charge in [-0.25, -0.2) is 4.98 Å². The number of rotatable bonds is 3. The molecule has 1 aliphatic carbocycles. The van der Waals surface area contributed by atoms with E-state index in [4.69, 9.17) is 0 Å². The number of aromatic amines is 1. The monoisotopic (exact) mass is 378 g/mol. The Hall–Kier alpha value is -2.92. The minimum Gasteiger partial charge on any atom is -0.368 e. The van der Waals surface area contributed by atoms with Crippen molar-refractivity contribution in [2.45, 2.75) is 31.7 Å². The van der Waals surface area contributed by atoms with Gasteiger partial charge in [-0.05, 0) is 43.2 Å². The molecule has 3 fully saturated rings. The fraction of sp³-hybridized carbons (Fsp3) is 0.500. The smallest absolute Gasteiger partial charge is 0.270 e. The van der Waals surface area contributed by atoms with Crippen LogP contribution in [0.5, 0.6) is 0 Å². The third-order valence-corrected chi connectivity index (χ3v) is 6.39. The summed E-state index contributed by atoms with van der Waals surface area (Å²) in [6.45, 7) is 3.12. The summed E-state index contributed by atoms with van der Waals surface area (Å²) in [4.78, 5) is 34.4. The molecule has 0 aromatic carbocycles. The minimum atomic E-state index is -0.406. The van der Waals surface area contributed by atoms with E-state index in [0.29, 0.717) is 27.8 Å². The van der Waals surface area contributed by atoms with Gasteiger partial charge in [-0.2, -0.15) is 5.26 Å². The molecule has 2 aromatic heterocycles. The summed E-state index contributed by atoms with van der Waals surface area (Å²) in [6.07, 6.45) is 4.70. The first-order valence-electron chi connectivity index (χ1n) is 9.82. The number of carbonyl (C=O) groups is 1. The Bertz CT molecular complexity index is 1050. The Morgan fingerprint density at radius 3 is 2.61 bits per heavy atom. The van der Waals surface area contributed by atoms with E-state index in [2.05, 4.69) is 31.6 Å². The van der Waals surface area contributed by atoms with Gasteiger partial charge >= 0.3 is 0 Å². The van der Waals surface area contributed by atoms with E-state index in [0.717, 1.165) is 39.0 Å². The molecule has 3 aliphatic rings. The molecule has 0 unspecified atom stereocenters. The summed E-state index contributed by atoms with van der Waals surface area (Å²) < 4.78 is 0. The number of nitrogens with one attached hydrogen (secondary N) is 3. The van der Waals surface area contributed by atoms with E-state index < -0.39 is 5.56 Å². The molecule has 0 atom stereocenters. The number of piperidine rings is 1. The number of hydrogen-bond donors (Lipinski definition) is 3. The molecule has 8 heteroatoms. The van der Waals surface area contributed by atoms with Crippen molar-refractivity contribution in [2.24, 2.45) is 5.41 Å². The molecule has 0 bridgehead atoms. The quantitative estimate of drug-likeness (QED) is 0.730. The zero-order chi connectivity index (χ0) is 19.3. The molecule has 2 aromatic rings. The van der Waals surface area contributed by atoms with Crippen LogP contribution < -0.4 is 21.1 Å². The highest BCUT2D eigenvalue weighted by Crippen LogP contribution is 2.54. The second kappa shape index (κ2) is 6.31. The molecule has 1 saturated carbocycles. The lowest BCUT2D eigenvalue weighted by Crippen LogP contribution is -2.57. The van der Waals surface area contributed by atoms with Gasteiger partial charge in [0.25, 0.3) is 11.5 Å². The lowest BCUT2D eigenvalue weighted by Gasteiger charge is -2.34. The number of hydrogen-bond acceptors (Lipinski definition) is 6. The van der Waals surface area contributed by atoms with Crippen LogP contribution in [-0.2, 0) is 0 Å². The molecule has 1 spiro atoms. The number of nitrogens with zero attached hydrogens (tertiary/aromatic N) is 3. The van der Waals surface area contributed by atoms with E-state index in [1.165, 1.54) is 12.8 Å². The molecule has 2 saturated heterocycles. The van der Waals surface area contributed by atoms with Crippen LogP contribution in [0.2, 0.25) is 0 Å². The maximum absolute atomic E-state index is 12.5. The highest BCUT2D eigenvalue weighted by Gasteiger charge is 2.45. The van der Waals surface area contributed by atoms with Crippen LogP contribution in [0.4, 0.5) is 5.69 Å². The number of fused-ring (bicyclic) bond motifs is 1. The van der Waals surface area contributed by atoms with E-state index in [9.17, 15) is 14.9 Å². The third kappa shape index (κ3) is 2.83. The van der Waals surface area contributed by atoms with Crippen molar-refractivity contribution in [2.75, 3.05) is 31.1 Å². The summed E-state index contributed by atoms with van der Waals surface area (Å²) in [5.74, 6) is -0.236. The molecule has 144 valence electrons. The Kier molecular flexibility index (Phi) is 3.88. The number of amides is 1. The molecule has 3 N–H and O–H groups in total. The van der Waals surface area contributed by atoms with Crippen LogP contribution in [0.1, 0.15) is 41.7 Å². The number of anilines is 1. The number of carbonyl (C=O) groups excluding carboxylic acids is 1. The molecule has 2 aliphatic heterocycles. The minimum absolute atomic E-state index is 0.0764. The topological polar surface area (TPSA) is 114 Å². The van der Waals surface area contributed by atoms with Gasteiger partial charge in [-0.15, -0.1) is 0 Å². The SMILES string of the molecule is N#Cc1c(N2CCC3(CC2)CC3)c2nc(C(=O)NC3CNC3)ccc2[nH]c1=O. The highest BCUT2D eigenvalue weighted by atomic mass is 16.2. The molecule has 0 radical (unpaired) electrons.